The molecule has 2 aliphatic carbocycles. The number of aliphatic hydroxyl groups is 2. The average molecular weight is 266 g/mol. The molecule has 2 saturated carbocycles. The molecule has 0 aromatic carbocycles. The van der Waals surface area contributed by atoms with Gasteiger partial charge in [-0.2, -0.15) is 0 Å². The molecule has 0 bridgehead atoms. The first-order valence-corrected chi connectivity index (χ1v) is 7.57. The summed E-state index contributed by atoms with van der Waals surface area (Å²) in [4.78, 5) is 0. The lowest BCUT2D eigenvalue weighted by molar-refractivity contribution is -0.161. The van der Waals surface area contributed by atoms with Gasteiger partial charge in [-0.1, -0.05) is 26.0 Å². The van der Waals surface area contributed by atoms with Gasteiger partial charge in [-0.05, 0) is 58.8 Å². The Morgan fingerprint density at radius 1 is 0.947 bits per heavy atom. The van der Waals surface area contributed by atoms with E-state index in [1.807, 2.05) is 13.8 Å². The maximum atomic E-state index is 11.0. The quantitative estimate of drug-likeness (QED) is 0.711. The average Bonchev–Trinajstić information content (AvgIpc) is 2.40. The predicted octanol–water partition coefficient (Wildman–Crippen LogP) is 3.67. The Morgan fingerprint density at radius 3 is 2.00 bits per heavy atom. The summed E-state index contributed by atoms with van der Waals surface area (Å²) in [6.45, 7) is 14.5. The van der Waals surface area contributed by atoms with Gasteiger partial charge >= 0.3 is 0 Å². The summed E-state index contributed by atoms with van der Waals surface area (Å²) in [5, 5.41) is 22.0. The van der Waals surface area contributed by atoms with Crippen LogP contribution >= 0.6 is 0 Å². The van der Waals surface area contributed by atoms with Gasteiger partial charge in [0.25, 0.3) is 0 Å². The Bertz CT molecular complexity index is 396. The minimum Gasteiger partial charge on any atom is -0.390 e. The third-order valence-corrected chi connectivity index (χ3v) is 7.04. The van der Waals surface area contributed by atoms with Gasteiger partial charge in [-0.15, -0.1) is 0 Å². The van der Waals surface area contributed by atoms with Gasteiger partial charge in [-0.25, -0.2) is 0 Å². The predicted molar refractivity (Wildman–Crippen MR) is 78.9 cm³/mol. The van der Waals surface area contributed by atoms with Crippen LogP contribution in [0.25, 0.3) is 0 Å². The molecule has 0 aromatic heterocycles. The van der Waals surface area contributed by atoms with Crippen LogP contribution in [-0.2, 0) is 0 Å². The molecule has 110 valence electrons. The lowest BCUT2D eigenvalue weighted by Crippen LogP contribution is -2.56. The molecule has 0 aliphatic heterocycles. The standard InChI is InChI=1S/C17H30O2/c1-12(2)13-7-8-16(5,18)14(3)9-10-17(6,19)15(14,4)11-13/h13,18-19H,1,7-11H2,2-6H3. The summed E-state index contributed by atoms with van der Waals surface area (Å²) < 4.78 is 0. The molecule has 0 saturated heterocycles. The van der Waals surface area contributed by atoms with E-state index in [1.54, 1.807) is 0 Å². The smallest absolute Gasteiger partial charge is 0.0679 e. The summed E-state index contributed by atoms with van der Waals surface area (Å²) in [6.07, 6.45) is 4.38. The first-order chi connectivity index (χ1) is 8.47. The molecule has 2 heteroatoms. The minimum atomic E-state index is -0.716. The van der Waals surface area contributed by atoms with Crippen molar-refractivity contribution in [2.24, 2.45) is 16.7 Å². The fourth-order valence-corrected chi connectivity index (χ4v) is 4.69. The van der Waals surface area contributed by atoms with Crippen LogP contribution in [0.2, 0.25) is 0 Å². The fraction of sp³-hybridized carbons (Fsp3) is 0.882. The van der Waals surface area contributed by atoms with Crippen LogP contribution in [0, 0.1) is 16.7 Å². The molecule has 0 amide bonds. The molecule has 2 rings (SSSR count). The highest BCUT2D eigenvalue weighted by Gasteiger charge is 2.67. The topological polar surface area (TPSA) is 40.5 Å². The fourth-order valence-electron chi connectivity index (χ4n) is 4.69. The van der Waals surface area contributed by atoms with E-state index < -0.39 is 11.2 Å². The molecule has 2 fully saturated rings. The molecular weight excluding hydrogens is 236 g/mol. The van der Waals surface area contributed by atoms with E-state index in [2.05, 4.69) is 27.4 Å². The van der Waals surface area contributed by atoms with Crippen molar-refractivity contribution >= 4 is 0 Å². The van der Waals surface area contributed by atoms with Crippen LogP contribution in [0.3, 0.4) is 0 Å². The molecule has 0 spiro atoms. The Labute approximate surface area is 117 Å². The maximum absolute atomic E-state index is 11.0. The van der Waals surface area contributed by atoms with Gasteiger partial charge in [0, 0.05) is 10.8 Å². The zero-order valence-electron chi connectivity index (χ0n) is 13.2. The van der Waals surface area contributed by atoms with Crippen molar-refractivity contribution in [2.45, 2.75) is 77.9 Å². The van der Waals surface area contributed by atoms with Crippen LogP contribution in [0.15, 0.2) is 12.2 Å². The molecule has 0 aromatic rings. The zero-order chi connectivity index (χ0) is 14.7. The summed E-state index contributed by atoms with van der Waals surface area (Å²) in [5.41, 5.74) is -0.725. The number of fused-ring (bicyclic) bond motifs is 1. The largest absolute Gasteiger partial charge is 0.390 e. The first kappa shape index (κ1) is 15.1. The van der Waals surface area contributed by atoms with Crippen molar-refractivity contribution in [1.29, 1.82) is 0 Å². The number of rotatable bonds is 1. The molecule has 2 nitrogen and oxygen atoms in total. The summed E-state index contributed by atoms with van der Waals surface area (Å²) in [7, 11) is 0. The van der Waals surface area contributed by atoms with Gasteiger partial charge in [0.15, 0.2) is 0 Å². The Morgan fingerprint density at radius 2 is 1.47 bits per heavy atom. The molecular formula is C17H30O2. The minimum absolute atomic E-state index is 0.228. The van der Waals surface area contributed by atoms with Crippen LogP contribution in [0.4, 0.5) is 0 Å². The number of hydrogen-bond acceptors (Lipinski definition) is 2. The highest BCUT2D eigenvalue weighted by Crippen LogP contribution is 2.67. The molecule has 2 N–H and O–H groups in total. The lowest BCUT2D eigenvalue weighted by atomic mass is 9.55. The van der Waals surface area contributed by atoms with E-state index >= 15 is 0 Å². The van der Waals surface area contributed by atoms with Gasteiger partial charge in [0.05, 0.1) is 11.2 Å². The van der Waals surface area contributed by atoms with E-state index in [9.17, 15) is 10.2 Å². The van der Waals surface area contributed by atoms with Gasteiger partial charge in [0.1, 0.15) is 0 Å². The molecule has 0 heterocycles. The van der Waals surface area contributed by atoms with Crippen LogP contribution < -0.4 is 0 Å². The molecule has 5 atom stereocenters. The number of allylic oxidation sites excluding steroid dienone is 1. The third-order valence-electron chi connectivity index (χ3n) is 7.04. The lowest BCUT2D eigenvalue weighted by Gasteiger charge is -2.53. The maximum Gasteiger partial charge on any atom is 0.0679 e. The molecule has 2 aliphatic rings. The summed E-state index contributed by atoms with van der Waals surface area (Å²) >= 11 is 0. The van der Waals surface area contributed by atoms with Crippen molar-refractivity contribution in [3.63, 3.8) is 0 Å². The highest BCUT2D eigenvalue weighted by molar-refractivity contribution is 5.19. The summed E-state index contributed by atoms with van der Waals surface area (Å²) in [5.74, 6) is 0.405. The van der Waals surface area contributed by atoms with Gasteiger partial charge in [0.2, 0.25) is 0 Å². The van der Waals surface area contributed by atoms with Crippen molar-refractivity contribution in [2.75, 3.05) is 0 Å². The first-order valence-electron chi connectivity index (χ1n) is 7.57. The third kappa shape index (κ3) is 1.83. The second kappa shape index (κ2) is 4.08. The second-order valence-electron chi connectivity index (χ2n) is 8.00. The zero-order valence-corrected chi connectivity index (χ0v) is 13.2. The summed E-state index contributed by atoms with van der Waals surface area (Å²) in [6, 6.07) is 0. The van der Waals surface area contributed by atoms with Gasteiger partial charge < -0.3 is 10.2 Å². The van der Waals surface area contributed by atoms with Gasteiger partial charge in [-0.3, -0.25) is 0 Å². The van der Waals surface area contributed by atoms with E-state index in [0.717, 1.165) is 32.1 Å². The molecule has 5 unspecified atom stereocenters. The normalized spacial score (nSPS) is 54.6. The van der Waals surface area contributed by atoms with Crippen molar-refractivity contribution in [3.05, 3.63) is 12.2 Å². The van der Waals surface area contributed by atoms with E-state index in [1.165, 1.54) is 5.57 Å². The van der Waals surface area contributed by atoms with Crippen molar-refractivity contribution in [3.8, 4) is 0 Å². The second-order valence-corrected chi connectivity index (χ2v) is 8.00. The van der Waals surface area contributed by atoms with E-state index in [0.29, 0.717) is 5.92 Å². The number of hydrogen-bond donors (Lipinski definition) is 2. The molecule has 0 radical (unpaired) electrons. The highest BCUT2D eigenvalue weighted by atomic mass is 16.3. The van der Waals surface area contributed by atoms with Crippen LogP contribution in [0.1, 0.15) is 66.7 Å². The van der Waals surface area contributed by atoms with Crippen LogP contribution in [-0.4, -0.2) is 21.4 Å². The Hall–Kier alpha value is -0.340. The SMILES string of the molecule is C=C(C)C1CCC(C)(O)C2(C)CCC(C)(O)C2(C)C1. The Balaban J connectivity index is 2.53. The monoisotopic (exact) mass is 266 g/mol. The molecule has 19 heavy (non-hydrogen) atoms. The van der Waals surface area contributed by atoms with Crippen molar-refractivity contribution < 1.29 is 10.2 Å². The Kier molecular flexibility index (Phi) is 3.23. The van der Waals surface area contributed by atoms with E-state index in [4.69, 9.17) is 0 Å². The van der Waals surface area contributed by atoms with E-state index in [-0.39, 0.29) is 10.8 Å². The van der Waals surface area contributed by atoms with Crippen LogP contribution in [0.5, 0.6) is 0 Å². The van der Waals surface area contributed by atoms with Crippen molar-refractivity contribution in [1.82, 2.24) is 0 Å².